The molecule has 3 fully saturated rings. The van der Waals surface area contributed by atoms with E-state index in [0.29, 0.717) is 25.7 Å². The van der Waals surface area contributed by atoms with Crippen LogP contribution in [-0.4, -0.2) is 70.8 Å². The van der Waals surface area contributed by atoms with Gasteiger partial charge in [-0.3, -0.25) is 14.4 Å². The van der Waals surface area contributed by atoms with E-state index in [4.69, 9.17) is 9.47 Å². The standard InChI is InChI=1S/C30H40N2O6/c1-7-16-31(24-19(5)12-11-13-20(24)6)27(35)25-30-15-14-29(10-4,38-30)23(28(36)37-17-8-2)22(30)26(34)32(25)21(9-3)18-33/h7-8,11-13,21-23,25,33H,1-2,9-10,14-18H2,3-6H3/t21-,22-,23+,25?,29-,30?/m0/s1. The van der Waals surface area contributed by atoms with E-state index in [-0.39, 0.29) is 31.6 Å². The highest BCUT2D eigenvalue weighted by atomic mass is 16.6. The lowest BCUT2D eigenvalue weighted by Crippen LogP contribution is -2.59. The Morgan fingerprint density at radius 3 is 2.47 bits per heavy atom. The number of aliphatic hydroxyl groups excluding tert-OH is 1. The number of aryl methyl sites for hydroxylation is 2. The molecule has 3 heterocycles. The third-order valence-corrected chi connectivity index (χ3v) is 8.81. The van der Waals surface area contributed by atoms with Crippen LogP contribution < -0.4 is 4.90 Å². The summed E-state index contributed by atoms with van der Waals surface area (Å²) < 4.78 is 12.3. The van der Waals surface area contributed by atoms with E-state index in [1.54, 1.807) is 11.0 Å². The van der Waals surface area contributed by atoms with Gasteiger partial charge in [0.1, 0.15) is 24.2 Å². The maximum Gasteiger partial charge on any atom is 0.313 e. The van der Waals surface area contributed by atoms with Gasteiger partial charge >= 0.3 is 5.97 Å². The van der Waals surface area contributed by atoms with Crippen LogP contribution >= 0.6 is 0 Å². The zero-order chi connectivity index (χ0) is 27.8. The molecule has 0 saturated carbocycles. The van der Waals surface area contributed by atoms with Crippen LogP contribution in [0.3, 0.4) is 0 Å². The minimum atomic E-state index is -1.19. The molecule has 6 atom stereocenters. The predicted molar refractivity (Wildman–Crippen MR) is 144 cm³/mol. The number of nitrogens with zero attached hydrogens (tertiary/aromatic N) is 2. The van der Waals surface area contributed by atoms with Crippen LogP contribution in [0.5, 0.6) is 0 Å². The molecule has 0 aliphatic carbocycles. The lowest BCUT2D eigenvalue weighted by molar-refractivity contribution is -0.161. The first kappa shape index (κ1) is 28.0. The molecule has 3 aliphatic heterocycles. The number of ether oxygens (including phenoxy) is 2. The topological polar surface area (TPSA) is 96.4 Å². The van der Waals surface area contributed by atoms with Gasteiger partial charge in [-0.05, 0) is 50.7 Å². The minimum Gasteiger partial charge on any atom is -0.461 e. The number of hydrogen-bond donors (Lipinski definition) is 1. The molecule has 8 heteroatoms. The van der Waals surface area contributed by atoms with Gasteiger partial charge in [0, 0.05) is 12.2 Å². The summed E-state index contributed by atoms with van der Waals surface area (Å²) in [6, 6.07) is 4.24. The molecule has 1 aromatic carbocycles. The molecule has 3 saturated heterocycles. The Balaban J connectivity index is 1.88. The number of likely N-dealkylation sites (tertiary alicyclic amines) is 1. The van der Waals surface area contributed by atoms with Crippen LogP contribution in [0.2, 0.25) is 0 Å². The zero-order valence-electron chi connectivity index (χ0n) is 22.9. The number of carbonyl (C=O) groups excluding carboxylic acids is 3. The molecule has 38 heavy (non-hydrogen) atoms. The molecule has 1 aromatic rings. The van der Waals surface area contributed by atoms with Crippen molar-refractivity contribution < 1.29 is 29.0 Å². The van der Waals surface area contributed by atoms with Crippen molar-refractivity contribution >= 4 is 23.5 Å². The summed E-state index contributed by atoms with van der Waals surface area (Å²) in [6.07, 6.45) is 5.12. The lowest BCUT2D eigenvalue weighted by Gasteiger charge is -2.40. The molecule has 3 aliphatic rings. The molecule has 1 N–H and O–H groups in total. The highest BCUT2D eigenvalue weighted by Gasteiger charge is 2.79. The van der Waals surface area contributed by atoms with Gasteiger partial charge in [-0.1, -0.05) is 50.8 Å². The lowest BCUT2D eigenvalue weighted by atomic mass is 9.65. The Hall–Kier alpha value is -2.97. The summed E-state index contributed by atoms with van der Waals surface area (Å²) in [6.45, 7) is 15.2. The van der Waals surface area contributed by atoms with E-state index in [2.05, 4.69) is 13.2 Å². The summed E-state index contributed by atoms with van der Waals surface area (Å²) in [5.41, 5.74) is 0.534. The second-order valence-corrected chi connectivity index (χ2v) is 10.7. The van der Waals surface area contributed by atoms with Crippen molar-refractivity contribution in [2.24, 2.45) is 11.8 Å². The Kier molecular flexibility index (Phi) is 7.86. The number of amides is 2. The minimum absolute atomic E-state index is 0.0308. The molecule has 206 valence electrons. The maximum absolute atomic E-state index is 14.7. The van der Waals surface area contributed by atoms with Crippen LogP contribution in [0, 0.1) is 25.7 Å². The van der Waals surface area contributed by atoms with Crippen molar-refractivity contribution in [3.05, 3.63) is 54.6 Å². The van der Waals surface area contributed by atoms with Crippen LogP contribution in [0.25, 0.3) is 0 Å². The van der Waals surface area contributed by atoms with Crippen molar-refractivity contribution in [1.29, 1.82) is 0 Å². The number of fused-ring (bicyclic) bond motifs is 1. The normalized spacial score (nSPS) is 30.2. The smallest absolute Gasteiger partial charge is 0.313 e. The average molecular weight is 525 g/mol. The highest BCUT2D eigenvalue weighted by molar-refractivity contribution is 6.05. The highest BCUT2D eigenvalue weighted by Crippen LogP contribution is 2.65. The molecule has 0 aromatic heterocycles. The Morgan fingerprint density at radius 1 is 1.24 bits per heavy atom. The van der Waals surface area contributed by atoms with Gasteiger partial charge in [0.25, 0.3) is 5.91 Å². The summed E-state index contributed by atoms with van der Waals surface area (Å²) in [7, 11) is 0. The number of carbonyl (C=O) groups is 3. The van der Waals surface area contributed by atoms with Gasteiger partial charge in [-0.15, -0.1) is 6.58 Å². The zero-order valence-corrected chi connectivity index (χ0v) is 22.9. The molecule has 0 radical (unpaired) electrons. The predicted octanol–water partition coefficient (Wildman–Crippen LogP) is 3.48. The Labute approximate surface area is 225 Å². The molecular formula is C30H40N2O6. The van der Waals surface area contributed by atoms with E-state index in [0.717, 1.165) is 16.8 Å². The first-order valence-electron chi connectivity index (χ1n) is 13.6. The monoisotopic (exact) mass is 524 g/mol. The number of esters is 1. The number of para-hydroxylation sites is 1. The number of aliphatic hydroxyl groups is 1. The SMILES string of the molecule is C=CCOC(=O)[C@H]1[C@H]2C(=O)N([C@@H](CC)CO)C(C(=O)N(CC=C)c3c(C)cccc3C)C23CC[C@]1(CC)O3. The van der Waals surface area contributed by atoms with Gasteiger partial charge < -0.3 is 24.4 Å². The van der Waals surface area contributed by atoms with Crippen molar-refractivity contribution in [3.63, 3.8) is 0 Å². The van der Waals surface area contributed by atoms with E-state index in [1.807, 2.05) is 45.9 Å². The van der Waals surface area contributed by atoms with Gasteiger partial charge in [-0.25, -0.2) is 0 Å². The number of hydrogen-bond acceptors (Lipinski definition) is 6. The van der Waals surface area contributed by atoms with Crippen LogP contribution in [-0.2, 0) is 23.9 Å². The van der Waals surface area contributed by atoms with Crippen molar-refractivity contribution in [1.82, 2.24) is 4.90 Å². The fourth-order valence-electron chi connectivity index (χ4n) is 7.13. The van der Waals surface area contributed by atoms with Gasteiger partial charge in [-0.2, -0.15) is 0 Å². The molecule has 1 spiro atoms. The summed E-state index contributed by atoms with van der Waals surface area (Å²) in [4.78, 5) is 45.5. The van der Waals surface area contributed by atoms with Gasteiger partial charge in [0.2, 0.25) is 5.91 Å². The van der Waals surface area contributed by atoms with Crippen molar-refractivity contribution in [2.75, 3.05) is 24.7 Å². The van der Waals surface area contributed by atoms with E-state index >= 15 is 0 Å². The second kappa shape index (κ2) is 10.7. The van der Waals surface area contributed by atoms with Crippen molar-refractivity contribution in [2.45, 2.75) is 76.7 Å². The van der Waals surface area contributed by atoms with Gasteiger partial charge in [0.15, 0.2) is 0 Å². The van der Waals surface area contributed by atoms with Crippen molar-refractivity contribution in [3.8, 4) is 0 Å². The third-order valence-electron chi connectivity index (χ3n) is 8.81. The molecule has 2 amide bonds. The second-order valence-electron chi connectivity index (χ2n) is 10.7. The third kappa shape index (κ3) is 4.00. The van der Waals surface area contributed by atoms with E-state index in [1.165, 1.54) is 11.0 Å². The van der Waals surface area contributed by atoms with Crippen LogP contribution in [0.15, 0.2) is 43.5 Å². The van der Waals surface area contributed by atoms with Crippen LogP contribution in [0.1, 0.15) is 50.7 Å². The molecule has 4 rings (SSSR count). The van der Waals surface area contributed by atoms with Crippen LogP contribution in [0.4, 0.5) is 5.69 Å². The summed E-state index contributed by atoms with van der Waals surface area (Å²) >= 11 is 0. The van der Waals surface area contributed by atoms with E-state index < -0.39 is 41.1 Å². The Morgan fingerprint density at radius 2 is 1.92 bits per heavy atom. The average Bonchev–Trinajstić information content (AvgIpc) is 3.51. The van der Waals surface area contributed by atoms with Gasteiger partial charge in [0.05, 0.1) is 24.2 Å². The van der Waals surface area contributed by atoms with E-state index in [9.17, 15) is 19.5 Å². The summed E-state index contributed by atoms with van der Waals surface area (Å²) in [5, 5.41) is 10.3. The molecule has 2 unspecified atom stereocenters. The number of benzene rings is 1. The maximum atomic E-state index is 14.7. The number of anilines is 1. The molecule has 2 bridgehead atoms. The summed E-state index contributed by atoms with van der Waals surface area (Å²) in [5.74, 6) is -2.84. The first-order chi connectivity index (χ1) is 18.2. The fourth-order valence-corrected chi connectivity index (χ4v) is 7.13. The Bertz CT molecular complexity index is 1110. The fraction of sp³-hybridized carbons (Fsp3) is 0.567. The quantitative estimate of drug-likeness (QED) is 0.352. The molecule has 8 nitrogen and oxygen atoms in total. The first-order valence-corrected chi connectivity index (χ1v) is 13.6. The number of rotatable bonds is 11. The largest absolute Gasteiger partial charge is 0.461 e. The molecular weight excluding hydrogens is 484 g/mol.